The van der Waals surface area contributed by atoms with E-state index in [1.807, 2.05) is 6.92 Å². The molecular weight excluding hydrogens is 162 g/mol. The highest BCUT2D eigenvalue weighted by Crippen LogP contribution is 2.15. The molecule has 0 bridgehead atoms. The molecule has 0 atom stereocenters. The van der Waals surface area contributed by atoms with Crippen LogP contribution in [0.3, 0.4) is 0 Å². The molecule has 0 unspecified atom stereocenters. The van der Waals surface area contributed by atoms with Crippen molar-refractivity contribution in [2.75, 3.05) is 5.73 Å². The first-order valence-corrected chi connectivity index (χ1v) is 4.67. The van der Waals surface area contributed by atoms with Crippen molar-refractivity contribution < 1.29 is 0 Å². The van der Waals surface area contributed by atoms with E-state index in [0.29, 0.717) is 11.7 Å². The van der Waals surface area contributed by atoms with Gasteiger partial charge in [-0.2, -0.15) is 0 Å². The number of nitrogens with zero attached hydrogens (tertiary/aromatic N) is 2. The highest BCUT2D eigenvalue weighted by atomic mass is 14.9. The van der Waals surface area contributed by atoms with Gasteiger partial charge in [-0.3, -0.25) is 0 Å². The van der Waals surface area contributed by atoms with Gasteiger partial charge in [-0.1, -0.05) is 13.8 Å². The van der Waals surface area contributed by atoms with Gasteiger partial charge in [-0.25, -0.2) is 9.97 Å². The second-order valence-corrected chi connectivity index (χ2v) is 3.76. The standard InChI is InChI=1S/C10H17N3/c1-7(2)4-5-9-8(3)12-6-13-10(9)11/h6-7H,4-5H2,1-3H3,(H2,11,12,13). The second kappa shape index (κ2) is 4.21. The lowest BCUT2D eigenvalue weighted by Gasteiger charge is -2.08. The molecule has 0 amide bonds. The number of hydrogen-bond acceptors (Lipinski definition) is 3. The van der Waals surface area contributed by atoms with Crippen molar-refractivity contribution in [2.45, 2.75) is 33.6 Å². The summed E-state index contributed by atoms with van der Waals surface area (Å²) in [6, 6.07) is 0. The second-order valence-electron chi connectivity index (χ2n) is 3.76. The number of hydrogen-bond donors (Lipinski definition) is 1. The van der Waals surface area contributed by atoms with E-state index in [1.165, 1.54) is 6.33 Å². The zero-order valence-corrected chi connectivity index (χ0v) is 8.54. The quantitative estimate of drug-likeness (QED) is 0.771. The molecule has 3 heteroatoms. The monoisotopic (exact) mass is 179 g/mol. The van der Waals surface area contributed by atoms with Crippen molar-refractivity contribution in [3.8, 4) is 0 Å². The van der Waals surface area contributed by atoms with Gasteiger partial charge in [0.2, 0.25) is 0 Å². The summed E-state index contributed by atoms with van der Waals surface area (Å²) in [5.41, 5.74) is 7.87. The van der Waals surface area contributed by atoms with E-state index in [-0.39, 0.29) is 0 Å². The van der Waals surface area contributed by atoms with Gasteiger partial charge in [0.25, 0.3) is 0 Å². The number of aryl methyl sites for hydroxylation is 1. The Balaban J connectivity index is 2.75. The largest absolute Gasteiger partial charge is 0.383 e. The highest BCUT2D eigenvalue weighted by molar-refractivity contribution is 5.40. The van der Waals surface area contributed by atoms with E-state index in [0.717, 1.165) is 24.1 Å². The number of nitrogen functional groups attached to an aromatic ring is 1. The summed E-state index contributed by atoms with van der Waals surface area (Å²) in [4.78, 5) is 8.11. The lowest BCUT2D eigenvalue weighted by molar-refractivity contribution is 0.584. The van der Waals surface area contributed by atoms with E-state index in [9.17, 15) is 0 Å². The minimum atomic E-state index is 0.633. The van der Waals surface area contributed by atoms with Gasteiger partial charge in [0.1, 0.15) is 12.1 Å². The third-order valence-corrected chi connectivity index (χ3v) is 2.17. The van der Waals surface area contributed by atoms with E-state index in [2.05, 4.69) is 23.8 Å². The third kappa shape index (κ3) is 2.68. The number of rotatable bonds is 3. The lowest BCUT2D eigenvalue weighted by atomic mass is 10.0. The predicted octanol–water partition coefficient (Wildman–Crippen LogP) is 1.96. The van der Waals surface area contributed by atoms with Gasteiger partial charge in [0, 0.05) is 11.3 Å². The van der Waals surface area contributed by atoms with Crippen LogP contribution in [0.1, 0.15) is 31.5 Å². The van der Waals surface area contributed by atoms with Crippen molar-refractivity contribution >= 4 is 5.82 Å². The molecule has 3 nitrogen and oxygen atoms in total. The minimum absolute atomic E-state index is 0.633. The fourth-order valence-corrected chi connectivity index (χ4v) is 1.26. The molecule has 1 aromatic rings. The van der Waals surface area contributed by atoms with Crippen LogP contribution in [0.5, 0.6) is 0 Å². The topological polar surface area (TPSA) is 51.8 Å². The molecule has 0 fully saturated rings. The Morgan fingerprint density at radius 1 is 1.38 bits per heavy atom. The molecule has 0 aliphatic rings. The van der Waals surface area contributed by atoms with Crippen LogP contribution in [-0.4, -0.2) is 9.97 Å². The smallest absolute Gasteiger partial charge is 0.130 e. The molecule has 1 rings (SSSR count). The molecule has 2 N–H and O–H groups in total. The molecule has 0 saturated carbocycles. The van der Waals surface area contributed by atoms with Gasteiger partial charge in [0.05, 0.1) is 0 Å². The van der Waals surface area contributed by atoms with Crippen LogP contribution < -0.4 is 5.73 Å². The Kier molecular flexibility index (Phi) is 3.23. The Bertz CT molecular complexity index is 261. The summed E-state index contributed by atoms with van der Waals surface area (Å²) < 4.78 is 0. The number of anilines is 1. The maximum atomic E-state index is 5.76. The van der Waals surface area contributed by atoms with Crippen LogP contribution in [0.2, 0.25) is 0 Å². The van der Waals surface area contributed by atoms with E-state index < -0.39 is 0 Å². The summed E-state index contributed by atoms with van der Waals surface area (Å²) in [5, 5.41) is 0. The fourth-order valence-electron chi connectivity index (χ4n) is 1.26. The SMILES string of the molecule is Cc1ncnc(N)c1CCC(C)C. The Morgan fingerprint density at radius 3 is 2.62 bits per heavy atom. The van der Waals surface area contributed by atoms with Crippen LogP contribution in [0, 0.1) is 12.8 Å². The van der Waals surface area contributed by atoms with Crippen LogP contribution in [0.4, 0.5) is 5.82 Å². The maximum Gasteiger partial charge on any atom is 0.130 e. The molecule has 0 aromatic carbocycles. The van der Waals surface area contributed by atoms with Gasteiger partial charge in [0.15, 0.2) is 0 Å². The normalized spacial score (nSPS) is 10.8. The van der Waals surface area contributed by atoms with Crippen molar-refractivity contribution in [2.24, 2.45) is 5.92 Å². The molecule has 0 saturated heterocycles. The van der Waals surface area contributed by atoms with Crippen LogP contribution in [-0.2, 0) is 6.42 Å². The van der Waals surface area contributed by atoms with Crippen LogP contribution in [0.15, 0.2) is 6.33 Å². The lowest BCUT2D eigenvalue weighted by Crippen LogP contribution is -2.03. The first-order chi connectivity index (χ1) is 6.11. The number of nitrogens with two attached hydrogens (primary N) is 1. The maximum absolute atomic E-state index is 5.76. The molecule has 0 aliphatic heterocycles. The average Bonchev–Trinajstić information content (AvgIpc) is 2.03. The highest BCUT2D eigenvalue weighted by Gasteiger charge is 2.05. The number of aromatic nitrogens is 2. The summed E-state index contributed by atoms with van der Waals surface area (Å²) in [5.74, 6) is 1.33. The van der Waals surface area contributed by atoms with Crippen molar-refractivity contribution in [3.63, 3.8) is 0 Å². The Hall–Kier alpha value is -1.12. The Morgan fingerprint density at radius 2 is 2.08 bits per heavy atom. The molecule has 0 spiro atoms. The summed E-state index contributed by atoms with van der Waals surface area (Å²) in [7, 11) is 0. The van der Waals surface area contributed by atoms with E-state index >= 15 is 0 Å². The minimum Gasteiger partial charge on any atom is -0.383 e. The summed E-state index contributed by atoms with van der Waals surface area (Å²) >= 11 is 0. The zero-order chi connectivity index (χ0) is 9.84. The molecule has 13 heavy (non-hydrogen) atoms. The van der Waals surface area contributed by atoms with E-state index in [4.69, 9.17) is 5.73 Å². The fraction of sp³-hybridized carbons (Fsp3) is 0.600. The van der Waals surface area contributed by atoms with Crippen LogP contribution in [0.25, 0.3) is 0 Å². The molecular formula is C10H17N3. The molecule has 0 aliphatic carbocycles. The van der Waals surface area contributed by atoms with E-state index in [1.54, 1.807) is 0 Å². The van der Waals surface area contributed by atoms with Crippen LogP contribution >= 0.6 is 0 Å². The van der Waals surface area contributed by atoms with Crippen molar-refractivity contribution in [3.05, 3.63) is 17.6 Å². The first-order valence-electron chi connectivity index (χ1n) is 4.67. The van der Waals surface area contributed by atoms with Gasteiger partial charge < -0.3 is 5.73 Å². The van der Waals surface area contributed by atoms with Gasteiger partial charge in [-0.15, -0.1) is 0 Å². The van der Waals surface area contributed by atoms with Gasteiger partial charge in [-0.05, 0) is 25.7 Å². The van der Waals surface area contributed by atoms with Crippen molar-refractivity contribution in [1.29, 1.82) is 0 Å². The Labute approximate surface area is 79.4 Å². The molecule has 0 radical (unpaired) electrons. The third-order valence-electron chi connectivity index (χ3n) is 2.17. The molecule has 1 heterocycles. The predicted molar refractivity (Wildman–Crippen MR) is 54.3 cm³/mol. The van der Waals surface area contributed by atoms with Crippen molar-refractivity contribution in [1.82, 2.24) is 9.97 Å². The average molecular weight is 179 g/mol. The zero-order valence-electron chi connectivity index (χ0n) is 8.54. The molecule has 1 aromatic heterocycles. The first kappa shape index (κ1) is 9.96. The molecule has 72 valence electrons. The summed E-state index contributed by atoms with van der Waals surface area (Å²) in [6.07, 6.45) is 3.64. The van der Waals surface area contributed by atoms with Gasteiger partial charge >= 0.3 is 0 Å². The summed E-state index contributed by atoms with van der Waals surface area (Å²) in [6.45, 7) is 6.39.